The van der Waals surface area contributed by atoms with E-state index in [1.165, 1.54) is 29.9 Å². The monoisotopic (exact) mass is 442 g/mol. The number of anilines is 2. The molecule has 2 aliphatic rings. The van der Waals surface area contributed by atoms with Crippen LogP contribution in [0, 0.1) is 24.5 Å². The number of carbonyl (C=O) groups excluding carboxylic acids is 1. The lowest BCUT2D eigenvalue weighted by Gasteiger charge is -2.29. The van der Waals surface area contributed by atoms with Crippen LogP contribution in [-0.4, -0.2) is 30.0 Å². The highest BCUT2D eigenvalue weighted by atomic mass is 32.1. The van der Waals surface area contributed by atoms with Crippen LogP contribution in [0.25, 0.3) is 10.2 Å². The number of thiophene rings is 1. The number of carbonyl (C=O) groups is 1. The van der Waals surface area contributed by atoms with Gasteiger partial charge in [-0.1, -0.05) is 0 Å². The van der Waals surface area contributed by atoms with Gasteiger partial charge in [0.15, 0.2) is 0 Å². The standard InChI is InChI=1S/C23H24F2N4OS/c1-12-2-5-16-20(26)21(31-23(16)28-12)22(30)27-7-6-14-9-18(25)19(10-17(14)24)29-11-13-3-4-15(29)8-13/h2,5,9-10,13,15H,3-4,6-8,11,26H2,1H3,(H,27,30)/t13-,15+/m0/s1. The van der Waals surface area contributed by atoms with E-state index < -0.39 is 11.6 Å². The number of hydrogen-bond donors (Lipinski definition) is 2. The molecule has 2 fully saturated rings. The first-order valence-electron chi connectivity index (χ1n) is 10.6. The first-order valence-corrected chi connectivity index (χ1v) is 11.4. The number of rotatable bonds is 5. The van der Waals surface area contributed by atoms with Gasteiger partial charge in [-0.25, -0.2) is 13.8 Å². The number of nitrogen functional groups attached to an aromatic ring is 1. The Morgan fingerprint density at radius 3 is 2.87 bits per heavy atom. The molecule has 1 amide bonds. The Bertz CT molecular complexity index is 1180. The summed E-state index contributed by atoms with van der Waals surface area (Å²) in [6.07, 6.45) is 3.51. The SMILES string of the molecule is Cc1ccc2c(N)c(C(=O)NCCc3cc(F)c(N4C[C@H]5CC[C@@H]4C5)cc3F)sc2n1. The molecule has 0 unspecified atom stereocenters. The van der Waals surface area contributed by atoms with Crippen molar-refractivity contribution in [3.05, 3.63) is 52.0 Å². The van der Waals surface area contributed by atoms with Crippen molar-refractivity contribution in [2.24, 2.45) is 5.92 Å². The fraction of sp³-hybridized carbons (Fsp3) is 0.391. The molecule has 0 radical (unpaired) electrons. The molecule has 2 bridgehead atoms. The quantitative estimate of drug-likeness (QED) is 0.613. The van der Waals surface area contributed by atoms with E-state index in [-0.39, 0.29) is 24.4 Å². The first-order chi connectivity index (χ1) is 14.9. The van der Waals surface area contributed by atoms with Crippen LogP contribution in [0.4, 0.5) is 20.2 Å². The summed E-state index contributed by atoms with van der Waals surface area (Å²) >= 11 is 1.23. The lowest BCUT2D eigenvalue weighted by atomic mass is 10.1. The Labute approximate surface area is 183 Å². The summed E-state index contributed by atoms with van der Waals surface area (Å²) in [5.74, 6) is -0.563. The average molecular weight is 443 g/mol. The number of nitrogens with two attached hydrogens (primary N) is 1. The third-order valence-corrected chi connectivity index (χ3v) is 7.57. The maximum atomic E-state index is 14.7. The van der Waals surface area contributed by atoms with Crippen molar-refractivity contribution in [3.63, 3.8) is 0 Å². The summed E-state index contributed by atoms with van der Waals surface area (Å²) in [6, 6.07) is 6.61. The van der Waals surface area contributed by atoms with Gasteiger partial charge >= 0.3 is 0 Å². The zero-order valence-electron chi connectivity index (χ0n) is 17.3. The zero-order chi connectivity index (χ0) is 21.7. The minimum absolute atomic E-state index is 0.184. The summed E-state index contributed by atoms with van der Waals surface area (Å²) in [7, 11) is 0. The van der Waals surface area contributed by atoms with Crippen molar-refractivity contribution >= 4 is 38.8 Å². The van der Waals surface area contributed by atoms with Crippen LogP contribution in [0.15, 0.2) is 24.3 Å². The summed E-state index contributed by atoms with van der Waals surface area (Å²) in [6.45, 7) is 2.87. The van der Waals surface area contributed by atoms with E-state index in [4.69, 9.17) is 5.73 Å². The van der Waals surface area contributed by atoms with Gasteiger partial charge in [-0.3, -0.25) is 4.79 Å². The third kappa shape index (κ3) is 3.63. The van der Waals surface area contributed by atoms with Gasteiger partial charge in [-0.2, -0.15) is 0 Å². The highest BCUT2D eigenvalue weighted by molar-refractivity contribution is 7.21. The summed E-state index contributed by atoms with van der Waals surface area (Å²) in [5.41, 5.74) is 7.98. The van der Waals surface area contributed by atoms with Gasteiger partial charge in [-0.05, 0) is 62.3 Å². The summed E-state index contributed by atoms with van der Waals surface area (Å²) in [5, 5.41) is 3.52. The number of nitrogens with zero attached hydrogens (tertiary/aromatic N) is 2. The van der Waals surface area contributed by atoms with Crippen LogP contribution >= 0.6 is 11.3 Å². The Morgan fingerprint density at radius 2 is 2.13 bits per heavy atom. The maximum absolute atomic E-state index is 14.7. The molecule has 5 rings (SSSR count). The van der Waals surface area contributed by atoms with Gasteiger partial charge in [-0.15, -0.1) is 11.3 Å². The molecule has 162 valence electrons. The minimum Gasteiger partial charge on any atom is -0.397 e. The Hall–Kier alpha value is -2.74. The van der Waals surface area contributed by atoms with Crippen LogP contribution in [0.5, 0.6) is 0 Å². The van der Waals surface area contributed by atoms with Crippen LogP contribution < -0.4 is 16.0 Å². The molecule has 5 nitrogen and oxygen atoms in total. The van der Waals surface area contributed by atoms with E-state index in [1.807, 2.05) is 24.0 Å². The smallest absolute Gasteiger partial charge is 0.263 e. The molecule has 1 aromatic carbocycles. The molecule has 3 N–H and O–H groups in total. The number of aromatic nitrogens is 1. The fourth-order valence-electron chi connectivity index (χ4n) is 4.86. The molecule has 1 saturated heterocycles. The van der Waals surface area contributed by atoms with E-state index in [1.54, 1.807) is 0 Å². The molecule has 0 spiro atoms. The van der Waals surface area contributed by atoms with Crippen molar-refractivity contribution in [1.82, 2.24) is 10.3 Å². The molecule has 1 aliphatic carbocycles. The van der Waals surface area contributed by atoms with Gasteiger partial charge in [0.1, 0.15) is 21.3 Å². The number of fused-ring (bicyclic) bond motifs is 3. The molecule has 3 heterocycles. The predicted molar refractivity (Wildman–Crippen MR) is 120 cm³/mol. The van der Waals surface area contributed by atoms with Crippen molar-refractivity contribution in [2.45, 2.75) is 38.6 Å². The number of amides is 1. The number of pyridine rings is 1. The topological polar surface area (TPSA) is 71.2 Å². The van der Waals surface area contributed by atoms with E-state index >= 15 is 0 Å². The second kappa shape index (κ2) is 7.75. The van der Waals surface area contributed by atoms with Crippen LogP contribution in [0.3, 0.4) is 0 Å². The van der Waals surface area contributed by atoms with Crippen molar-refractivity contribution < 1.29 is 13.6 Å². The highest BCUT2D eigenvalue weighted by Gasteiger charge is 2.39. The molecule has 8 heteroatoms. The molecule has 2 aromatic heterocycles. The zero-order valence-corrected chi connectivity index (χ0v) is 18.1. The third-order valence-electron chi connectivity index (χ3n) is 6.45. The largest absolute Gasteiger partial charge is 0.397 e. The molecular formula is C23H24F2N4OS. The lowest BCUT2D eigenvalue weighted by Crippen LogP contribution is -2.32. The number of piperidine rings is 1. The lowest BCUT2D eigenvalue weighted by molar-refractivity contribution is 0.0959. The average Bonchev–Trinajstić information content (AvgIpc) is 3.45. The number of halogens is 2. The van der Waals surface area contributed by atoms with Gasteiger partial charge in [0, 0.05) is 36.3 Å². The maximum Gasteiger partial charge on any atom is 0.263 e. The number of benzene rings is 1. The Kier molecular flexibility index (Phi) is 5.04. The number of nitrogens with one attached hydrogen (secondary N) is 1. The van der Waals surface area contributed by atoms with Gasteiger partial charge < -0.3 is 16.0 Å². The first kappa shape index (κ1) is 20.2. The van der Waals surface area contributed by atoms with Gasteiger partial charge in [0.2, 0.25) is 0 Å². The van der Waals surface area contributed by atoms with E-state index in [9.17, 15) is 13.6 Å². The van der Waals surface area contributed by atoms with E-state index in [0.717, 1.165) is 30.5 Å². The van der Waals surface area contributed by atoms with Crippen LogP contribution in [-0.2, 0) is 6.42 Å². The summed E-state index contributed by atoms with van der Waals surface area (Å²) < 4.78 is 29.4. The second-order valence-electron chi connectivity index (χ2n) is 8.54. The normalized spacial score (nSPS) is 20.0. The molecule has 1 aliphatic heterocycles. The molecule has 3 aromatic rings. The predicted octanol–water partition coefficient (Wildman–Crippen LogP) is 4.43. The van der Waals surface area contributed by atoms with Crippen molar-refractivity contribution in [3.8, 4) is 0 Å². The fourth-order valence-corrected chi connectivity index (χ4v) is 5.91. The van der Waals surface area contributed by atoms with Gasteiger partial charge in [0.25, 0.3) is 5.91 Å². The van der Waals surface area contributed by atoms with Gasteiger partial charge in [0.05, 0.1) is 11.4 Å². The van der Waals surface area contributed by atoms with Crippen molar-refractivity contribution in [2.75, 3.05) is 23.7 Å². The number of hydrogen-bond acceptors (Lipinski definition) is 5. The van der Waals surface area contributed by atoms with E-state index in [0.29, 0.717) is 33.0 Å². The molecule has 1 saturated carbocycles. The summed E-state index contributed by atoms with van der Waals surface area (Å²) in [4.78, 5) is 20.1. The Balaban J connectivity index is 1.26. The van der Waals surface area contributed by atoms with Crippen LogP contribution in [0.2, 0.25) is 0 Å². The van der Waals surface area contributed by atoms with Crippen LogP contribution in [0.1, 0.15) is 40.2 Å². The molecular weight excluding hydrogens is 418 g/mol. The minimum atomic E-state index is -0.436. The van der Waals surface area contributed by atoms with E-state index in [2.05, 4.69) is 10.3 Å². The van der Waals surface area contributed by atoms with Crippen molar-refractivity contribution in [1.29, 1.82) is 0 Å². The second-order valence-corrected chi connectivity index (χ2v) is 9.54. The Morgan fingerprint density at radius 1 is 1.29 bits per heavy atom. The number of aryl methyl sites for hydroxylation is 1. The highest BCUT2D eigenvalue weighted by Crippen LogP contribution is 2.41. The molecule has 2 atom stereocenters. The molecule has 31 heavy (non-hydrogen) atoms.